The van der Waals surface area contributed by atoms with Crippen LogP contribution in [-0.2, 0) is 34.8 Å². The summed E-state index contributed by atoms with van der Waals surface area (Å²) in [7, 11) is -3.24. The van der Waals surface area contributed by atoms with Crippen LogP contribution in [0.5, 0.6) is 0 Å². The number of benzene rings is 2. The molecule has 4 aliphatic rings. The van der Waals surface area contributed by atoms with Crippen molar-refractivity contribution in [3.05, 3.63) is 67.3 Å². The third-order valence-electron chi connectivity index (χ3n) is 11.1. The smallest absolute Gasteiger partial charge is 0.411 e. The van der Waals surface area contributed by atoms with E-state index >= 15 is 0 Å². The van der Waals surface area contributed by atoms with Gasteiger partial charge in [0, 0.05) is 43.6 Å². The summed E-state index contributed by atoms with van der Waals surface area (Å²) in [6, 6.07) is 15.4. The second-order valence-electron chi connectivity index (χ2n) is 16.0. The van der Waals surface area contributed by atoms with Crippen LogP contribution in [0.4, 0.5) is 10.5 Å². The Morgan fingerprint density at radius 2 is 1.63 bits per heavy atom. The summed E-state index contributed by atoms with van der Waals surface area (Å²) in [6.07, 6.45) is 3.83. The van der Waals surface area contributed by atoms with E-state index in [2.05, 4.69) is 17.2 Å². The minimum Gasteiger partial charge on any atom is -0.444 e. The van der Waals surface area contributed by atoms with Gasteiger partial charge in [-0.2, -0.15) is 0 Å². The maximum absolute atomic E-state index is 14.6. The van der Waals surface area contributed by atoms with Crippen molar-refractivity contribution in [3.63, 3.8) is 0 Å². The van der Waals surface area contributed by atoms with E-state index in [1.165, 1.54) is 11.0 Å². The summed E-state index contributed by atoms with van der Waals surface area (Å²) in [5.41, 5.74) is 0.284. The van der Waals surface area contributed by atoms with Crippen molar-refractivity contribution >= 4 is 46.3 Å². The molecule has 54 heavy (non-hydrogen) atoms. The Bertz CT molecular complexity index is 1830. The number of hydrogen-bond acceptors (Lipinski definition) is 8. The molecule has 5 amide bonds. The Morgan fingerprint density at radius 1 is 0.981 bits per heavy atom. The van der Waals surface area contributed by atoms with E-state index in [1.807, 2.05) is 63.2 Å². The van der Waals surface area contributed by atoms with Gasteiger partial charge in [0.25, 0.3) is 5.91 Å². The van der Waals surface area contributed by atoms with Crippen LogP contribution in [0.15, 0.2) is 67.3 Å². The molecule has 2 aromatic rings. The average Bonchev–Trinajstić information content (AvgIpc) is 4.07. The van der Waals surface area contributed by atoms with Gasteiger partial charge in [-0.15, -0.1) is 6.58 Å². The Morgan fingerprint density at radius 3 is 2.20 bits per heavy atom. The fourth-order valence-electron chi connectivity index (χ4n) is 7.68. The average molecular weight is 762 g/mol. The summed E-state index contributed by atoms with van der Waals surface area (Å²) in [6.45, 7) is 10.6. The maximum Gasteiger partial charge on any atom is 0.411 e. The van der Waals surface area contributed by atoms with Gasteiger partial charge in [-0.3, -0.25) is 24.5 Å². The zero-order valence-corrected chi connectivity index (χ0v) is 32.1. The van der Waals surface area contributed by atoms with Gasteiger partial charge in [0.15, 0.2) is 0 Å². The molecular formula is C40H51N5O8S. The van der Waals surface area contributed by atoms with Crippen molar-refractivity contribution in [2.45, 2.75) is 95.9 Å². The van der Waals surface area contributed by atoms with Crippen molar-refractivity contribution in [1.82, 2.24) is 19.4 Å². The number of likely N-dealkylation sites (tertiary alicyclic amines) is 2. The van der Waals surface area contributed by atoms with Gasteiger partial charge in [0.05, 0.1) is 12.5 Å². The van der Waals surface area contributed by atoms with Crippen LogP contribution in [-0.4, -0.2) is 95.6 Å². The Balaban J connectivity index is 1.21. The Kier molecular flexibility index (Phi) is 11.5. The van der Waals surface area contributed by atoms with E-state index in [0.717, 1.165) is 34.7 Å². The topological polar surface area (TPSA) is 162 Å². The SMILES string of the molecule is C=C[C@@H]1C[C@]1(NC(=O)[C@@H]1C[C@@H](OC(=O)Nc2ccc(-c3ccccc3)cc2)CN1C(=O)[C@@H](CC(=O)N1CCCCC1)C(C)(C)C)C(=O)N(C1CC1)[SH](=O)=O. The highest BCUT2D eigenvalue weighted by molar-refractivity contribution is 7.70. The van der Waals surface area contributed by atoms with E-state index in [0.29, 0.717) is 31.6 Å². The molecule has 0 aromatic heterocycles. The lowest BCUT2D eigenvalue weighted by atomic mass is 9.77. The third-order valence-corrected chi connectivity index (χ3v) is 12.0. The van der Waals surface area contributed by atoms with E-state index < -0.39 is 75.7 Å². The van der Waals surface area contributed by atoms with Crippen molar-refractivity contribution in [3.8, 4) is 11.1 Å². The second-order valence-corrected chi connectivity index (χ2v) is 16.9. The van der Waals surface area contributed by atoms with Crippen molar-refractivity contribution in [1.29, 1.82) is 0 Å². The molecule has 13 nitrogen and oxygen atoms in total. The number of rotatable bonds is 12. The highest BCUT2D eigenvalue weighted by atomic mass is 32.2. The number of thiol groups is 1. The summed E-state index contributed by atoms with van der Waals surface area (Å²) >= 11 is 0. The lowest BCUT2D eigenvalue weighted by molar-refractivity contribution is -0.149. The maximum atomic E-state index is 14.6. The van der Waals surface area contributed by atoms with E-state index in [-0.39, 0.29) is 31.7 Å². The summed E-state index contributed by atoms with van der Waals surface area (Å²) < 4.78 is 31.0. The molecule has 2 N–H and O–H groups in total. The minimum absolute atomic E-state index is 0.0496. The minimum atomic E-state index is -3.24. The molecule has 2 aliphatic carbocycles. The standard InChI is InChI=1S/C40H51N5O8S/c1-5-28-24-40(28,37(49)45(54(51)52)30-18-19-30)42-35(47)33-22-31(53-38(50)41-29-16-14-27(15-17-29)26-12-8-6-9-13-26)25-44(33)36(48)32(39(2,3)4)23-34(46)43-20-10-7-11-21-43/h5-6,8-9,12-17,28,30-33,54H,1,7,10-11,18-25H2,2-4H3,(H,41,50)(H,42,47)/t28-,31-,32-,33+,40-/m1/s1. The van der Waals surface area contributed by atoms with Crippen molar-refractivity contribution < 1.29 is 37.1 Å². The first kappa shape index (κ1) is 39.0. The number of nitrogens with one attached hydrogen (secondary N) is 2. The highest BCUT2D eigenvalue weighted by Crippen LogP contribution is 2.48. The molecule has 2 aliphatic heterocycles. The van der Waals surface area contributed by atoms with Gasteiger partial charge in [-0.1, -0.05) is 69.3 Å². The van der Waals surface area contributed by atoms with Crippen LogP contribution < -0.4 is 10.6 Å². The van der Waals surface area contributed by atoms with Gasteiger partial charge >= 0.3 is 6.09 Å². The molecule has 2 saturated carbocycles. The van der Waals surface area contributed by atoms with Crippen molar-refractivity contribution in [2.75, 3.05) is 25.0 Å². The fourth-order valence-corrected chi connectivity index (χ4v) is 8.50. The zero-order chi connectivity index (χ0) is 38.8. The fraction of sp³-hybridized carbons (Fsp3) is 0.525. The predicted octanol–water partition coefficient (Wildman–Crippen LogP) is 4.51. The predicted molar refractivity (Wildman–Crippen MR) is 203 cm³/mol. The van der Waals surface area contributed by atoms with Crippen LogP contribution in [0.1, 0.15) is 72.1 Å². The van der Waals surface area contributed by atoms with E-state index in [9.17, 15) is 32.4 Å². The molecule has 6 rings (SSSR count). The van der Waals surface area contributed by atoms with Crippen LogP contribution in [0, 0.1) is 17.3 Å². The van der Waals surface area contributed by atoms with Crippen molar-refractivity contribution in [2.24, 2.45) is 17.3 Å². The molecule has 0 unspecified atom stereocenters. The summed E-state index contributed by atoms with van der Waals surface area (Å²) in [4.78, 5) is 72.5. The summed E-state index contributed by atoms with van der Waals surface area (Å²) in [5.74, 6) is -3.26. The van der Waals surface area contributed by atoms with Gasteiger partial charge in [0.1, 0.15) is 17.7 Å². The second kappa shape index (κ2) is 15.9. The van der Waals surface area contributed by atoms with Crippen LogP contribution in [0.25, 0.3) is 11.1 Å². The first-order valence-corrected chi connectivity index (χ1v) is 20.0. The molecule has 290 valence electrons. The number of nitrogens with zero attached hydrogens (tertiary/aromatic N) is 3. The molecule has 5 atom stereocenters. The largest absolute Gasteiger partial charge is 0.444 e. The molecule has 14 heteroatoms. The number of carbonyl (C=O) groups excluding carboxylic acids is 5. The molecule has 2 saturated heterocycles. The normalized spacial score (nSPS) is 24.3. The molecule has 4 fully saturated rings. The molecule has 2 aromatic carbocycles. The quantitative estimate of drug-likeness (QED) is 0.210. The molecular weight excluding hydrogens is 711 g/mol. The number of hydrogen-bond donors (Lipinski definition) is 3. The number of anilines is 1. The molecule has 0 spiro atoms. The van der Waals surface area contributed by atoms with E-state index in [4.69, 9.17) is 4.74 Å². The Hall–Kier alpha value is -4.72. The van der Waals surface area contributed by atoms with Gasteiger partial charge in [0.2, 0.25) is 28.6 Å². The molecule has 2 heterocycles. The number of amides is 5. The monoisotopic (exact) mass is 761 g/mol. The Labute approximate surface area is 318 Å². The van der Waals surface area contributed by atoms with Gasteiger partial charge in [-0.25, -0.2) is 17.5 Å². The van der Waals surface area contributed by atoms with Crippen LogP contribution in [0.3, 0.4) is 0 Å². The van der Waals surface area contributed by atoms with E-state index in [1.54, 1.807) is 17.0 Å². The van der Waals surface area contributed by atoms with Crippen LogP contribution in [0.2, 0.25) is 0 Å². The van der Waals surface area contributed by atoms with Gasteiger partial charge in [-0.05, 0) is 67.2 Å². The lowest BCUT2D eigenvalue weighted by Gasteiger charge is -2.36. The third kappa shape index (κ3) is 8.64. The number of ether oxygens (including phenoxy) is 1. The number of piperidine rings is 1. The lowest BCUT2D eigenvalue weighted by Crippen LogP contribution is -2.57. The van der Waals surface area contributed by atoms with Crippen LogP contribution >= 0.6 is 0 Å². The number of carbonyl (C=O) groups is 5. The van der Waals surface area contributed by atoms with Gasteiger partial charge < -0.3 is 19.9 Å². The molecule has 0 bridgehead atoms. The first-order valence-electron chi connectivity index (χ1n) is 18.9. The highest BCUT2D eigenvalue weighted by Gasteiger charge is 2.63. The first-order chi connectivity index (χ1) is 25.7. The summed E-state index contributed by atoms with van der Waals surface area (Å²) in [5, 5.41) is 5.55. The molecule has 0 radical (unpaired) electrons. The zero-order valence-electron chi connectivity index (χ0n) is 31.2.